The van der Waals surface area contributed by atoms with Crippen LogP contribution in [0.4, 0.5) is 0 Å². The number of halogens is 1. The number of benzene rings is 1. The topological polar surface area (TPSA) is 35.6 Å². The summed E-state index contributed by atoms with van der Waals surface area (Å²) < 4.78 is 0. The highest BCUT2D eigenvalue weighted by Crippen LogP contribution is 2.46. The highest BCUT2D eigenvalue weighted by molar-refractivity contribution is 6.30. The van der Waals surface area contributed by atoms with E-state index in [9.17, 15) is 4.79 Å². The maximum Gasteiger partial charge on any atom is 0.244 e. The van der Waals surface area contributed by atoms with Gasteiger partial charge < -0.3 is 9.80 Å². The van der Waals surface area contributed by atoms with E-state index in [1.54, 1.807) is 0 Å². The second-order valence-corrected chi connectivity index (χ2v) is 6.89. The second kappa shape index (κ2) is 5.27. The first-order chi connectivity index (χ1) is 9.93. The fourth-order valence-corrected chi connectivity index (χ4v) is 2.95. The van der Waals surface area contributed by atoms with E-state index in [0.717, 1.165) is 30.0 Å². The minimum atomic E-state index is -0.295. The summed E-state index contributed by atoms with van der Waals surface area (Å²) in [7, 11) is 4.09. The van der Waals surface area contributed by atoms with Crippen molar-refractivity contribution in [1.29, 1.82) is 0 Å². The molecule has 1 spiro atoms. The van der Waals surface area contributed by atoms with Gasteiger partial charge in [-0.15, -0.1) is 0 Å². The molecule has 1 saturated carbocycles. The molecule has 114 valence electrons. The molecule has 2 atom stereocenters. The van der Waals surface area contributed by atoms with E-state index < -0.39 is 0 Å². The third kappa shape index (κ3) is 2.68. The zero-order chi connectivity index (χ0) is 15.2. The van der Waals surface area contributed by atoms with Gasteiger partial charge in [-0.25, -0.2) is 0 Å². The molecule has 2 unspecified atom stereocenters. The van der Waals surface area contributed by atoms with Crippen LogP contribution in [0, 0.1) is 0 Å². The monoisotopic (exact) mass is 307 g/mol. The quantitative estimate of drug-likeness (QED) is 0.927. The summed E-state index contributed by atoms with van der Waals surface area (Å²) in [6, 6.07) is 8.09. The smallest absolute Gasteiger partial charge is 0.244 e. The lowest BCUT2D eigenvalue weighted by atomic mass is 10.1. The number of amides is 1. The van der Waals surface area contributed by atoms with Crippen LogP contribution in [0.1, 0.15) is 31.5 Å². The highest BCUT2D eigenvalue weighted by Gasteiger charge is 2.59. The van der Waals surface area contributed by atoms with Crippen molar-refractivity contribution in [2.75, 3.05) is 20.6 Å². The van der Waals surface area contributed by atoms with Gasteiger partial charge in [0.1, 0.15) is 11.7 Å². The molecule has 0 radical (unpaired) electrons. The normalized spacial score (nSPS) is 24.9. The van der Waals surface area contributed by atoms with Crippen molar-refractivity contribution in [3.05, 3.63) is 34.9 Å². The largest absolute Gasteiger partial charge is 0.320 e. The minimum absolute atomic E-state index is 0.0420. The Hall–Kier alpha value is -1.10. The molecule has 0 bridgehead atoms. The lowest BCUT2D eigenvalue weighted by Crippen LogP contribution is -2.41. The average Bonchev–Trinajstić information content (AvgIpc) is 3.18. The Balaban J connectivity index is 1.86. The van der Waals surface area contributed by atoms with E-state index >= 15 is 0 Å². The molecule has 4 nitrogen and oxygen atoms in total. The van der Waals surface area contributed by atoms with E-state index in [-0.39, 0.29) is 17.6 Å². The first-order valence-electron chi connectivity index (χ1n) is 7.44. The van der Waals surface area contributed by atoms with Gasteiger partial charge in [0.2, 0.25) is 5.91 Å². The number of hydrogen-bond donors (Lipinski definition) is 1. The molecule has 1 heterocycles. The van der Waals surface area contributed by atoms with Gasteiger partial charge in [-0.3, -0.25) is 10.1 Å². The lowest BCUT2D eigenvalue weighted by molar-refractivity contribution is -0.131. The number of carbonyl (C=O) groups is 1. The van der Waals surface area contributed by atoms with Crippen LogP contribution in [-0.4, -0.2) is 47.9 Å². The summed E-state index contributed by atoms with van der Waals surface area (Å²) in [5, 5.41) is 4.26. The Labute approximate surface area is 131 Å². The zero-order valence-corrected chi connectivity index (χ0v) is 13.5. The molecule has 1 N–H and O–H groups in total. The number of likely N-dealkylation sites (N-methyl/N-ethyl adjacent to an activating group) is 1. The molecular formula is C16H22ClN3O. The number of hydrogen-bond acceptors (Lipinski definition) is 3. The van der Waals surface area contributed by atoms with Crippen LogP contribution in [0.2, 0.25) is 5.02 Å². The summed E-state index contributed by atoms with van der Waals surface area (Å²) in [6.07, 6.45) is 1.85. The summed E-state index contributed by atoms with van der Waals surface area (Å²) in [6.45, 7) is 2.87. The molecule has 1 amide bonds. The maximum absolute atomic E-state index is 12.7. The molecular weight excluding hydrogens is 286 g/mol. The fourth-order valence-electron chi connectivity index (χ4n) is 2.82. The van der Waals surface area contributed by atoms with Crippen LogP contribution in [-0.2, 0) is 4.79 Å². The first kappa shape index (κ1) is 14.8. The van der Waals surface area contributed by atoms with Crippen molar-refractivity contribution in [3.8, 4) is 0 Å². The lowest BCUT2D eigenvalue weighted by Gasteiger charge is -2.30. The molecule has 0 aromatic heterocycles. The van der Waals surface area contributed by atoms with Crippen LogP contribution in [0.25, 0.3) is 0 Å². The van der Waals surface area contributed by atoms with E-state index in [1.807, 2.05) is 43.3 Å². The standard InChI is InChI=1S/C16H22ClN3O/c1-11(19(2)3)10-20-14(12-4-6-13(17)7-5-12)18-16(8-9-16)15(20)21/h4-7,11,14,18H,8-10H2,1-3H3. The van der Waals surface area contributed by atoms with Crippen molar-refractivity contribution in [2.45, 2.75) is 37.5 Å². The van der Waals surface area contributed by atoms with Crippen molar-refractivity contribution >= 4 is 17.5 Å². The first-order valence-corrected chi connectivity index (χ1v) is 7.81. The molecule has 2 aliphatic rings. The fraction of sp³-hybridized carbons (Fsp3) is 0.562. The summed E-state index contributed by atoms with van der Waals surface area (Å²) in [5.74, 6) is 0.246. The number of nitrogens with one attached hydrogen (secondary N) is 1. The Kier molecular flexibility index (Phi) is 3.72. The molecule has 1 aromatic carbocycles. The minimum Gasteiger partial charge on any atom is -0.320 e. The van der Waals surface area contributed by atoms with Gasteiger partial charge in [-0.05, 0) is 51.6 Å². The van der Waals surface area contributed by atoms with Crippen molar-refractivity contribution in [2.24, 2.45) is 0 Å². The Bertz CT molecular complexity index is 539. The van der Waals surface area contributed by atoms with Gasteiger partial charge in [0, 0.05) is 17.6 Å². The SMILES string of the molecule is CC(CN1C(=O)C2(CC2)NC1c1ccc(Cl)cc1)N(C)C. The molecule has 2 fully saturated rings. The summed E-state index contributed by atoms with van der Waals surface area (Å²) in [5.41, 5.74) is 0.804. The van der Waals surface area contributed by atoms with E-state index in [0.29, 0.717) is 6.04 Å². The Morgan fingerprint density at radius 3 is 2.52 bits per heavy atom. The van der Waals surface area contributed by atoms with Crippen LogP contribution in [0.3, 0.4) is 0 Å². The van der Waals surface area contributed by atoms with E-state index in [1.165, 1.54) is 0 Å². The molecule has 1 aromatic rings. The maximum atomic E-state index is 12.7. The van der Waals surface area contributed by atoms with Crippen molar-refractivity contribution in [3.63, 3.8) is 0 Å². The summed E-state index contributed by atoms with van der Waals surface area (Å²) in [4.78, 5) is 16.8. The van der Waals surface area contributed by atoms with Gasteiger partial charge in [-0.1, -0.05) is 23.7 Å². The van der Waals surface area contributed by atoms with Crippen LogP contribution in [0.15, 0.2) is 24.3 Å². The highest BCUT2D eigenvalue weighted by atomic mass is 35.5. The Morgan fingerprint density at radius 2 is 2.00 bits per heavy atom. The molecule has 1 saturated heterocycles. The molecule has 21 heavy (non-hydrogen) atoms. The Morgan fingerprint density at radius 1 is 1.38 bits per heavy atom. The van der Waals surface area contributed by atoms with Gasteiger partial charge in [0.05, 0.1) is 0 Å². The average molecular weight is 308 g/mol. The zero-order valence-electron chi connectivity index (χ0n) is 12.8. The van der Waals surface area contributed by atoms with Gasteiger partial charge in [0.15, 0.2) is 0 Å². The second-order valence-electron chi connectivity index (χ2n) is 6.45. The summed E-state index contributed by atoms with van der Waals surface area (Å²) >= 11 is 5.97. The van der Waals surface area contributed by atoms with E-state index in [4.69, 9.17) is 11.6 Å². The van der Waals surface area contributed by atoms with Crippen molar-refractivity contribution in [1.82, 2.24) is 15.1 Å². The molecule has 1 aliphatic heterocycles. The van der Waals surface area contributed by atoms with Crippen LogP contribution >= 0.6 is 11.6 Å². The van der Waals surface area contributed by atoms with Crippen LogP contribution in [0.5, 0.6) is 0 Å². The number of carbonyl (C=O) groups excluding carboxylic acids is 1. The molecule has 1 aliphatic carbocycles. The third-order valence-corrected chi connectivity index (χ3v) is 4.93. The third-order valence-electron chi connectivity index (χ3n) is 4.67. The molecule has 3 rings (SSSR count). The van der Waals surface area contributed by atoms with E-state index in [2.05, 4.69) is 17.1 Å². The van der Waals surface area contributed by atoms with Crippen molar-refractivity contribution < 1.29 is 4.79 Å². The van der Waals surface area contributed by atoms with Gasteiger partial charge >= 0.3 is 0 Å². The van der Waals surface area contributed by atoms with Gasteiger partial charge in [0.25, 0.3) is 0 Å². The molecule has 5 heteroatoms. The number of rotatable bonds is 4. The van der Waals surface area contributed by atoms with Gasteiger partial charge in [-0.2, -0.15) is 0 Å². The predicted molar refractivity (Wildman–Crippen MR) is 84.2 cm³/mol. The van der Waals surface area contributed by atoms with Crippen LogP contribution < -0.4 is 5.32 Å². The number of nitrogens with zero attached hydrogens (tertiary/aromatic N) is 2. The predicted octanol–water partition coefficient (Wildman–Crippen LogP) is 2.25.